The molecule has 7 aromatic carbocycles. The van der Waals surface area contributed by atoms with Crippen LogP contribution in [0.15, 0.2) is 167 Å². The van der Waals surface area contributed by atoms with Crippen molar-refractivity contribution < 1.29 is 28.9 Å². The molecule has 0 bridgehead atoms. The van der Waals surface area contributed by atoms with Gasteiger partial charge in [-0.2, -0.15) is 0 Å². The summed E-state index contributed by atoms with van der Waals surface area (Å²) in [5.74, 6) is 1.15. The smallest absolute Gasteiger partial charge is 0.149 e. The average Bonchev–Trinajstić information content (AvgIpc) is 3.87. The summed E-state index contributed by atoms with van der Waals surface area (Å²) >= 11 is 0. The molecular formula is C52H40IrN2O2-2. The molecule has 10 aromatic rings. The topological polar surface area (TPSA) is 52.1 Å². The van der Waals surface area contributed by atoms with E-state index >= 15 is 0 Å². The molecule has 0 saturated heterocycles. The fourth-order valence-electron chi connectivity index (χ4n) is 7.66. The van der Waals surface area contributed by atoms with Crippen LogP contribution >= 0.6 is 0 Å². The van der Waals surface area contributed by atoms with E-state index in [1.165, 1.54) is 27.8 Å². The summed E-state index contributed by atoms with van der Waals surface area (Å²) in [7, 11) is 0. The maximum absolute atomic E-state index is 6.71. The molecule has 0 unspecified atom stereocenters. The second kappa shape index (κ2) is 16.2. The molecule has 0 aliphatic carbocycles. The van der Waals surface area contributed by atoms with Crippen LogP contribution in [0.2, 0.25) is 0 Å². The van der Waals surface area contributed by atoms with Gasteiger partial charge in [0, 0.05) is 42.6 Å². The van der Waals surface area contributed by atoms with Gasteiger partial charge in [0.2, 0.25) is 0 Å². The quantitative estimate of drug-likeness (QED) is 0.156. The first-order valence-electron chi connectivity index (χ1n) is 19.2. The van der Waals surface area contributed by atoms with Gasteiger partial charge >= 0.3 is 0 Å². The van der Waals surface area contributed by atoms with Crippen molar-refractivity contribution in [3.05, 3.63) is 181 Å². The number of para-hydroxylation sites is 1. The summed E-state index contributed by atoms with van der Waals surface area (Å²) in [5.41, 5.74) is 13.3. The fraction of sp³-hybridized carbons (Fsp3) is 0.115. The van der Waals surface area contributed by atoms with Crippen LogP contribution in [0.5, 0.6) is 0 Å². The zero-order valence-corrected chi connectivity index (χ0v) is 34.6. The Morgan fingerprint density at radius 2 is 1.28 bits per heavy atom. The maximum Gasteiger partial charge on any atom is 0.149 e. The van der Waals surface area contributed by atoms with Gasteiger partial charge in [-0.1, -0.05) is 136 Å². The Hall–Kier alpha value is -6.13. The van der Waals surface area contributed by atoms with Gasteiger partial charge in [0.25, 0.3) is 0 Å². The standard InChI is InChI=1S/C41H32NO2.C11H8N.Ir/c1-24(2)34-22-28(26-12-6-5-7-13-26)23-35(25(3)4)37(34)32-17-11-19-36-40(32)44-41(42-36)33-18-10-16-30-31-21-20-27-14-8-9-15-29(27)38(31)43-39(30)33;1-2-6-10(7-3-1)11-8-4-5-9-12-11;/h5-17,19-25H,1-4H3;1-6,8-9H;/q2*-1;. The summed E-state index contributed by atoms with van der Waals surface area (Å²) in [6.45, 7) is 9.07. The molecule has 0 aliphatic rings. The molecule has 57 heavy (non-hydrogen) atoms. The molecule has 0 saturated carbocycles. The van der Waals surface area contributed by atoms with Gasteiger partial charge in [-0.3, -0.25) is 4.98 Å². The monoisotopic (exact) mass is 917 g/mol. The SMILES string of the molecule is CC(C)c1cc(-c2ccccc2)cc(C(C)C)c1-c1cccc2nc(-c3[c-]ccc4c3oc3c5ccccc5ccc43)oc12.[Ir].[c-]1ccccc1-c1ccccn1. The van der Waals surface area contributed by atoms with Crippen LogP contribution < -0.4 is 0 Å². The van der Waals surface area contributed by atoms with E-state index < -0.39 is 0 Å². The number of aromatic nitrogens is 2. The van der Waals surface area contributed by atoms with Crippen molar-refractivity contribution in [1.29, 1.82) is 0 Å². The summed E-state index contributed by atoms with van der Waals surface area (Å²) < 4.78 is 13.3. The molecule has 0 spiro atoms. The number of oxazole rings is 1. The number of fused-ring (bicyclic) bond motifs is 6. The molecule has 3 aromatic heterocycles. The zero-order chi connectivity index (χ0) is 38.2. The van der Waals surface area contributed by atoms with E-state index in [0.717, 1.165) is 66.2 Å². The van der Waals surface area contributed by atoms with Crippen molar-refractivity contribution in [3.63, 3.8) is 0 Å². The molecule has 5 heteroatoms. The number of benzene rings is 7. The van der Waals surface area contributed by atoms with Gasteiger partial charge in [-0.15, -0.1) is 54.1 Å². The van der Waals surface area contributed by atoms with Crippen molar-refractivity contribution >= 4 is 43.8 Å². The van der Waals surface area contributed by atoms with E-state index in [1.807, 2.05) is 60.7 Å². The van der Waals surface area contributed by atoms with Crippen molar-refractivity contribution in [2.45, 2.75) is 39.5 Å². The second-order valence-electron chi connectivity index (χ2n) is 14.7. The van der Waals surface area contributed by atoms with E-state index in [4.69, 9.17) is 13.8 Å². The molecule has 0 fully saturated rings. The fourth-order valence-corrected chi connectivity index (χ4v) is 7.66. The minimum Gasteiger partial charge on any atom is -0.500 e. The van der Waals surface area contributed by atoms with Crippen molar-refractivity contribution in [3.8, 4) is 45.0 Å². The van der Waals surface area contributed by atoms with Gasteiger partial charge in [-0.05, 0) is 68.4 Å². The third-order valence-corrected chi connectivity index (χ3v) is 10.4. The number of pyridine rings is 1. The Labute approximate surface area is 346 Å². The number of hydrogen-bond donors (Lipinski definition) is 0. The Balaban J connectivity index is 0.000000300. The molecular weight excluding hydrogens is 877 g/mol. The predicted octanol–water partition coefficient (Wildman–Crippen LogP) is 14.5. The molecule has 3 heterocycles. The van der Waals surface area contributed by atoms with Crippen molar-refractivity contribution in [1.82, 2.24) is 9.97 Å². The molecule has 0 N–H and O–H groups in total. The Morgan fingerprint density at radius 3 is 2.02 bits per heavy atom. The second-order valence-corrected chi connectivity index (χ2v) is 14.7. The number of nitrogens with zero attached hydrogens (tertiary/aromatic N) is 2. The Kier molecular flexibility index (Phi) is 10.7. The molecule has 4 nitrogen and oxygen atoms in total. The first-order valence-corrected chi connectivity index (χ1v) is 19.2. The van der Waals surface area contributed by atoms with E-state index in [9.17, 15) is 0 Å². The molecule has 0 aliphatic heterocycles. The van der Waals surface area contributed by atoms with Gasteiger partial charge in [-0.25, -0.2) is 0 Å². The molecule has 0 atom stereocenters. The third kappa shape index (κ3) is 7.21. The van der Waals surface area contributed by atoms with E-state index in [0.29, 0.717) is 17.7 Å². The number of hydrogen-bond acceptors (Lipinski definition) is 4. The summed E-state index contributed by atoms with van der Waals surface area (Å²) in [4.78, 5) is 9.23. The van der Waals surface area contributed by atoms with Gasteiger partial charge in [0.15, 0.2) is 0 Å². The first-order chi connectivity index (χ1) is 27.4. The first kappa shape index (κ1) is 37.8. The van der Waals surface area contributed by atoms with E-state index in [-0.39, 0.29) is 20.1 Å². The van der Waals surface area contributed by atoms with E-state index in [1.54, 1.807) is 6.20 Å². The summed E-state index contributed by atoms with van der Waals surface area (Å²) in [5, 5.41) is 4.35. The molecule has 0 amide bonds. The summed E-state index contributed by atoms with van der Waals surface area (Å²) in [6, 6.07) is 58.4. The molecule has 1 radical (unpaired) electrons. The minimum atomic E-state index is 0. The molecule has 281 valence electrons. The Morgan fingerprint density at radius 1 is 0.544 bits per heavy atom. The van der Waals surface area contributed by atoms with Crippen molar-refractivity contribution in [2.75, 3.05) is 0 Å². The van der Waals surface area contributed by atoms with E-state index in [2.05, 4.69) is 136 Å². The van der Waals surface area contributed by atoms with Crippen LogP contribution in [-0.4, -0.2) is 9.97 Å². The van der Waals surface area contributed by atoms with Crippen LogP contribution in [0.1, 0.15) is 50.7 Å². The largest absolute Gasteiger partial charge is 0.500 e. The van der Waals surface area contributed by atoms with Crippen LogP contribution in [0.25, 0.3) is 88.8 Å². The van der Waals surface area contributed by atoms with Crippen LogP contribution in [0, 0.1) is 12.1 Å². The van der Waals surface area contributed by atoms with Gasteiger partial charge in [0.1, 0.15) is 17.1 Å². The number of rotatable bonds is 6. The average molecular weight is 917 g/mol. The maximum atomic E-state index is 6.71. The third-order valence-electron chi connectivity index (χ3n) is 10.4. The van der Waals surface area contributed by atoms with Crippen LogP contribution in [-0.2, 0) is 20.1 Å². The van der Waals surface area contributed by atoms with Crippen molar-refractivity contribution in [2.24, 2.45) is 0 Å². The van der Waals surface area contributed by atoms with Gasteiger partial charge < -0.3 is 13.8 Å². The molecule has 10 rings (SSSR count). The van der Waals surface area contributed by atoms with Crippen LogP contribution in [0.3, 0.4) is 0 Å². The number of furan rings is 1. The zero-order valence-electron chi connectivity index (χ0n) is 32.2. The Bertz CT molecular complexity index is 2900. The predicted molar refractivity (Wildman–Crippen MR) is 231 cm³/mol. The minimum absolute atomic E-state index is 0. The normalized spacial score (nSPS) is 11.3. The van der Waals surface area contributed by atoms with Gasteiger partial charge in [0.05, 0.1) is 11.1 Å². The van der Waals surface area contributed by atoms with Crippen LogP contribution in [0.4, 0.5) is 0 Å². The summed E-state index contributed by atoms with van der Waals surface area (Å²) in [6.07, 6.45) is 1.79.